The van der Waals surface area contributed by atoms with Crippen LogP contribution >= 0.6 is 0 Å². The second-order valence-electron chi connectivity index (χ2n) is 6.18. The number of amides is 1. The van der Waals surface area contributed by atoms with Crippen molar-refractivity contribution in [3.63, 3.8) is 0 Å². The lowest BCUT2D eigenvalue weighted by atomic mass is 9.79. The molecule has 0 bridgehead atoms. The van der Waals surface area contributed by atoms with E-state index < -0.39 is 11.2 Å². The van der Waals surface area contributed by atoms with E-state index in [1.807, 2.05) is 7.05 Å². The highest BCUT2D eigenvalue weighted by Gasteiger charge is 2.34. The summed E-state index contributed by atoms with van der Waals surface area (Å²) in [7, 11) is 1.81. The van der Waals surface area contributed by atoms with Crippen LogP contribution in [-0.2, 0) is 25.0 Å². The van der Waals surface area contributed by atoms with E-state index >= 15 is 0 Å². The summed E-state index contributed by atoms with van der Waals surface area (Å²) in [5, 5.41) is 20.1. The lowest BCUT2D eigenvalue weighted by molar-refractivity contribution is -0.122. The number of H-pyrrole nitrogens is 1. The van der Waals surface area contributed by atoms with Gasteiger partial charge in [0.1, 0.15) is 12.4 Å². The molecule has 0 aromatic carbocycles. The van der Waals surface area contributed by atoms with Crippen LogP contribution in [0.4, 0.5) is 0 Å². The average Bonchev–Trinajstić information content (AvgIpc) is 2.90. The molecule has 3 rings (SSSR count). The van der Waals surface area contributed by atoms with E-state index in [1.165, 1.54) is 16.8 Å². The Morgan fingerprint density at radius 2 is 2.16 bits per heavy atom. The Morgan fingerprint density at radius 1 is 1.40 bits per heavy atom. The van der Waals surface area contributed by atoms with Crippen LogP contribution in [0.3, 0.4) is 0 Å². The first-order valence-corrected chi connectivity index (χ1v) is 8.06. The SMILES string of the molecule is Cn1c(CO)nnc1C1CC(NC(=O)CCn2ccc(=O)[nH]c2=O)C1. The van der Waals surface area contributed by atoms with Gasteiger partial charge in [0, 0.05) is 44.2 Å². The molecule has 1 aliphatic carbocycles. The van der Waals surface area contributed by atoms with Gasteiger partial charge in [0.05, 0.1) is 0 Å². The highest BCUT2D eigenvalue weighted by molar-refractivity contribution is 5.76. The molecule has 0 spiro atoms. The Labute approximate surface area is 142 Å². The van der Waals surface area contributed by atoms with Gasteiger partial charge in [-0.15, -0.1) is 10.2 Å². The number of nitrogens with one attached hydrogen (secondary N) is 2. The minimum Gasteiger partial charge on any atom is -0.388 e. The monoisotopic (exact) mass is 348 g/mol. The lowest BCUT2D eigenvalue weighted by Crippen LogP contribution is -2.44. The van der Waals surface area contributed by atoms with Crippen LogP contribution < -0.4 is 16.6 Å². The van der Waals surface area contributed by atoms with E-state index in [4.69, 9.17) is 5.11 Å². The van der Waals surface area contributed by atoms with Crippen LogP contribution in [0.15, 0.2) is 21.9 Å². The van der Waals surface area contributed by atoms with E-state index in [1.54, 1.807) is 4.57 Å². The molecule has 0 atom stereocenters. The second kappa shape index (κ2) is 7.01. The van der Waals surface area contributed by atoms with Gasteiger partial charge in [-0.25, -0.2) is 4.79 Å². The summed E-state index contributed by atoms with van der Waals surface area (Å²) in [5.41, 5.74) is -0.981. The van der Waals surface area contributed by atoms with Gasteiger partial charge in [-0.3, -0.25) is 14.6 Å². The first-order chi connectivity index (χ1) is 12.0. The number of nitrogens with zero attached hydrogens (tertiary/aromatic N) is 4. The van der Waals surface area contributed by atoms with Crippen LogP contribution in [0, 0.1) is 0 Å². The number of hydrogen-bond acceptors (Lipinski definition) is 6. The highest BCUT2D eigenvalue weighted by Crippen LogP contribution is 2.35. The molecule has 1 amide bonds. The normalized spacial score (nSPS) is 19.4. The predicted octanol–water partition coefficient (Wildman–Crippen LogP) is -1.39. The Morgan fingerprint density at radius 3 is 2.80 bits per heavy atom. The molecule has 2 aromatic rings. The van der Waals surface area contributed by atoms with Crippen LogP contribution in [0.25, 0.3) is 0 Å². The third-order valence-electron chi connectivity index (χ3n) is 4.49. The number of aromatic nitrogens is 5. The van der Waals surface area contributed by atoms with Crippen molar-refractivity contribution in [1.82, 2.24) is 29.6 Å². The molecule has 2 aromatic heterocycles. The average molecular weight is 348 g/mol. The molecule has 0 aliphatic heterocycles. The van der Waals surface area contributed by atoms with E-state index in [9.17, 15) is 14.4 Å². The zero-order valence-electron chi connectivity index (χ0n) is 13.8. The van der Waals surface area contributed by atoms with Crippen molar-refractivity contribution in [3.8, 4) is 0 Å². The molecule has 10 heteroatoms. The summed E-state index contributed by atoms with van der Waals surface area (Å²) < 4.78 is 3.08. The van der Waals surface area contributed by atoms with Crippen molar-refractivity contribution >= 4 is 5.91 Å². The molecule has 0 unspecified atom stereocenters. The largest absolute Gasteiger partial charge is 0.388 e. The highest BCUT2D eigenvalue weighted by atomic mass is 16.3. The third-order valence-corrected chi connectivity index (χ3v) is 4.49. The molecule has 134 valence electrons. The van der Waals surface area contributed by atoms with E-state index in [0.29, 0.717) is 5.82 Å². The summed E-state index contributed by atoms with van der Waals surface area (Å²) >= 11 is 0. The summed E-state index contributed by atoms with van der Waals surface area (Å²) in [6.07, 6.45) is 3.07. The van der Waals surface area contributed by atoms with Crippen LogP contribution in [0.5, 0.6) is 0 Å². The maximum absolute atomic E-state index is 12.0. The number of aromatic amines is 1. The zero-order chi connectivity index (χ0) is 18.0. The molecule has 25 heavy (non-hydrogen) atoms. The summed E-state index contributed by atoms with van der Waals surface area (Å²) in [6, 6.07) is 1.32. The van der Waals surface area contributed by atoms with Crippen LogP contribution in [0.2, 0.25) is 0 Å². The van der Waals surface area contributed by atoms with Crippen LogP contribution in [-0.4, -0.2) is 41.4 Å². The number of carbonyl (C=O) groups is 1. The zero-order valence-corrected chi connectivity index (χ0v) is 13.8. The number of aryl methyl sites for hydroxylation is 1. The minimum absolute atomic E-state index is 0.0686. The van der Waals surface area contributed by atoms with Gasteiger partial charge in [0.25, 0.3) is 5.56 Å². The van der Waals surface area contributed by atoms with Crippen molar-refractivity contribution in [2.45, 2.75) is 44.4 Å². The summed E-state index contributed by atoms with van der Waals surface area (Å²) in [6.45, 7) is 0.0568. The van der Waals surface area contributed by atoms with Crippen molar-refractivity contribution in [1.29, 1.82) is 0 Å². The summed E-state index contributed by atoms with van der Waals surface area (Å²) in [5.74, 6) is 1.41. The van der Waals surface area contributed by atoms with Gasteiger partial charge in [0.2, 0.25) is 5.91 Å². The fourth-order valence-electron chi connectivity index (χ4n) is 2.96. The molecular formula is C15H20N6O4. The van der Waals surface area contributed by atoms with Crippen molar-refractivity contribution in [3.05, 3.63) is 44.8 Å². The number of hydrogen-bond donors (Lipinski definition) is 3. The molecule has 3 N–H and O–H groups in total. The maximum atomic E-state index is 12.0. The number of aliphatic hydroxyl groups is 1. The smallest absolute Gasteiger partial charge is 0.328 e. The van der Waals surface area contributed by atoms with Crippen molar-refractivity contribution in [2.24, 2.45) is 7.05 Å². The lowest BCUT2D eigenvalue weighted by Gasteiger charge is -2.35. The first kappa shape index (κ1) is 17.1. The van der Waals surface area contributed by atoms with Gasteiger partial charge in [-0.05, 0) is 12.8 Å². The quantitative estimate of drug-likeness (QED) is 0.588. The second-order valence-corrected chi connectivity index (χ2v) is 6.18. The Balaban J connectivity index is 1.46. The first-order valence-electron chi connectivity index (χ1n) is 8.06. The molecular weight excluding hydrogens is 328 g/mol. The fraction of sp³-hybridized carbons (Fsp3) is 0.533. The van der Waals surface area contributed by atoms with Crippen molar-refractivity contribution in [2.75, 3.05) is 0 Å². The molecule has 2 heterocycles. The molecule has 0 radical (unpaired) electrons. The standard InChI is InChI=1S/C15H20N6O4/c1-20-11(8-22)18-19-14(20)9-6-10(7-9)16-12(23)2-4-21-5-3-13(24)17-15(21)25/h3,5,9-10,22H,2,4,6-8H2,1H3,(H,16,23)(H,17,24,25). The molecule has 1 aliphatic rings. The van der Waals surface area contributed by atoms with Gasteiger partial charge in [-0.1, -0.05) is 0 Å². The van der Waals surface area contributed by atoms with Gasteiger partial charge < -0.3 is 19.6 Å². The Hall–Kier alpha value is -2.75. The van der Waals surface area contributed by atoms with Gasteiger partial charge in [0.15, 0.2) is 5.82 Å². The van der Waals surface area contributed by atoms with Gasteiger partial charge >= 0.3 is 5.69 Å². The number of rotatable bonds is 6. The molecule has 0 saturated heterocycles. The van der Waals surface area contributed by atoms with Gasteiger partial charge in [-0.2, -0.15) is 0 Å². The maximum Gasteiger partial charge on any atom is 0.328 e. The Bertz CT molecular complexity index is 877. The molecule has 10 nitrogen and oxygen atoms in total. The number of carbonyl (C=O) groups excluding carboxylic acids is 1. The van der Waals surface area contributed by atoms with E-state index in [0.717, 1.165) is 18.7 Å². The molecule has 1 fully saturated rings. The fourth-order valence-corrected chi connectivity index (χ4v) is 2.96. The van der Waals surface area contributed by atoms with E-state index in [2.05, 4.69) is 20.5 Å². The number of aliphatic hydroxyl groups excluding tert-OH is 1. The van der Waals surface area contributed by atoms with E-state index in [-0.39, 0.29) is 37.4 Å². The summed E-state index contributed by atoms with van der Waals surface area (Å²) in [4.78, 5) is 36.7. The van der Waals surface area contributed by atoms with Crippen LogP contribution in [0.1, 0.15) is 36.8 Å². The minimum atomic E-state index is -0.522. The predicted molar refractivity (Wildman–Crippen MR) is 86.8 cm³/mol. The Kier molecular flexibility index (Phi) is 4.79. The van der Waals surface area contributed by atoms with Crippen molar-refractivity contribution < 1.29 is 9.90 Å². The topological polar surface area (TPSA) is 135 Å². The third kappa shape index (κ3) is 3.68. The molecule has 1 saturated carbocycles.